The lowest BCUT2D eigenvalue weighted by molar-refractivity contribution is -0.385. The summed E-state index contributed by atoms with van der Waals surface area (Å²) in [6.07, 6.45) is 2.30. The number of aliphatic hydroxyl groups is 1. The summed E-state index contributed by atoms with van der Waals surface area (Å²) < 4.78 is 14.4. The molecule has 1 saturated heterocycles. The van der Waals surface area contributed by atoms with Crippen molar-refractivity contribution < 1.29 is 29.1 Å². The summed E-state index contributed by atoms with van der Waals surface area (Å²) in [5.74, 6) is 0.0174. The Hall–Kier alpha value is -6.22. The third kappa shape index (κ3) is 6.12. The Morgan fingerprint density at radius 2 is 1.71 bits per heavy atom. The molecule has 0 radical (unpaired) electrons. The molecule has 5 aromatic carbocycles. The van der Waals surface area contributed by atoms with Gasteiger partial charge in [-0.2, -0.15) is 0 Å². The minimum atomic E-state index is -2.49. The summed E-state index contributed by atoms with van der Waals surface area (Å²) in [5.41, 5.74) is 3.06. The van der Waals surface area contributed by atoms with Gasteiger partial charge in [-0.3, -0.25) is 29.3 Å². The largest absolute Gasteiger partial charge is 0.497 e. The summed E-state index contributed by atoms with van der Waals surface area (Å²) >= 11 is 0. The zero-order chi connectivity index (χ0) is 41.2. The molecule has 59 heavy (non-hydrogen) atoms. The number of anilines is 3. The van der Waals surface area contributed by atoms with Crippen molar-refractivity contribution in [2.45, 2.75) is 63.2 Å². The van der Waals surface area contributed by atoms with Crippen LogP contribution in [0, 0.1) is 16.0 Å². The number of aromatic nitrogens is 3. The van der Waals surface area contributed by atoms with E-state index in [1.807, 2.05) is 79.0 Å². The van der Waals surface area contributed by atoms with Gasteiger partial charge in [-0.05, 0) is 65.4 Å². The van der Waals surface area contributed by atoms with Gasteiger partial charge in [-0.15, -0.1) is 5.10 Å². The van der Waals surface area contributed by atoms with Gasteiger partial charge in [0.15, 0.2) is 5.60 Å². The third-order valence-corrected chi connectivity index (χ3v) is 17.1. The van der Waals surface area contributed by atoms with E-state index < -0.39 is 24.7 Å². The first-order chi connectivity index (χ1) is 28.5. The first-order valence-electron chi connectivity index (χ1n) is 19.8. The van der Waals surface area contributed by atoms with Crippen molar-refractivity contribution in [3.63, 3.8) is 0 Å². The standard InChI is InChI=1S/C45H44N6O7Si/c1-28-42(59(3,4)35-18-16-34(57-2)17-19-35)40(21-23-48-27-31(22-24-52)46-47-48)58-45(28)37-25-33(51(55)56)15-20-38(37)49(44(45)54)26-29-11-13-32(14-12-29)50-39-10-6-8-30-7-5-9-36(41(30)39)43(50)53/h5-20,25,27-28,40,42,52H,21-24,26H2,1-4H3/t28-,40+,42-,45+/m1/s1. The average molecular weight is 809 g/mol. The number of aliphatic hydroxyl groups excluding tert-OH is 1. The fourth-order valence-electron chi connectivity index (χ4n) is 9.88. The first kappa shape index (κ1) is 38.3. The molecule has 4 atom stereocenters. The van der Waals surface area contributed by atoms with E-state index in [0.29, 0.717) is 47.6 Å². The second-order valence-corrected chi connectivity index (χ2v) is 20.9. The van der Waals surface area contributed by atoms with E-state index in [2.05, 4.69) is 42.5 Å². The number of hydrogen-bond donors (Lipinski definition) is 1. The highest BCUT2D eigenvalue weighted by atomic mass is 28.3. The molecule has 0 bridgehead atoms. The minimum Gasteiger partial charge on any atom is -0.497 e. The number of non-ortho nitro benzene ring substituents is 1. The van der Waals surface area contributed by atoms with Gasteiger partial charge < -0.3 is 19.5 Å². The van der Waals surface area contributed by atoms with E-state index in [1.54, 1.807) is 27.7 Å². The van der Waals surface area contributed by atoms with Gasteiger partial charge in [-0.25, -0.2) is 0 Å². The molecule has 1 spiro atoms. The zero-order valence-electron chi connectivity index (χ0n) is 33.2. The van der Waals surface area contributed by atoms with E-state index in [0.717, 1.165) is 27.8 Å². The maximum absolute atomic E-state index is 15.3. The number of methoxy groups -OCH3 is 1. The van der Waals surface area contributed by atoms with Crippen LogP contribution >= 0.6 is 0 Å². The van der Waals surface area contributed by atoms with Crippen molar-refractivity contribution >= 4 is 58.6 Å². The third-order valence-electron chi connectivity index (χ3n) is 12.7. The molecule has 2 amide bonds. The number of ether oxygens (including phenoxy) is 2. The Morgan fingerprint density at radius 3 is 2.42 bits per heavy atom. The second-order valence-electron chi connectivity index (χ2n) is 16.2. The molecule has 0 unspecified atom stereocenters. The number of nitro groups is 1. The molecule has 4 heterocycles. The van der Waals surface area contributed by atoms with E-state index in [4.69, 9.17) is 9.47 Å². The number of hydrogen-bond acceptors (Lipinski definition) is 9. The molecule has 13 nitrogen and oxygen atoms in total. The Balaban J connectivity index is 1.07. The number of rotatable bonds is 12. The summed E-state index contributed by atoms with van der Waals surface area (Å²) in [5, 5.41) is 33.3. The van der Waals surface area contributed by atoms with Crippen LogP contribution in [0.3, 0.4) is 0 Å². The lowest BCUT2D eigenvalue weighted by atomic mass is 9.82. The number of nitrogens with zero attached hydrogens (tertiary/aromatic N) is 6. The van der Waals surface area contributed by atoms with Gasteiger partial charge >= 0.3 is 0 Å². The molecular weight excluding hydrogens is 765 g/mol. The number of fused-ring (bicyclic) bond motifs is 2. The molecule has 14 heteroatoms. The van der Waals surface area contributed by atoms with Gasteiger partial charge in [-0.1, -0.05) is 78.9 Å². The maximum Gasteiger partial charge on any atom is 0.269 e. The number of nitro benzene ring substituents is 1. The number of amides is 2. The number of aryl methyl sites for hydroxylation is 1. The monoisotopic (exact) mass is 808 g/mol. The fraction of sp³-hybridized carbons (Fsp3) is 0.289. The number of carbonyl (C=O) groups excluding carboxylic acids is 2. The number of benzene rings is 5. The highest BCUT2D eigenvalue weighted by molar-refractivity contribution is 6.91. The van der Waals surface area contributed by atoms with E-state index in [9.17, 15) is 20.0 Å². The molecule has 1 aromatic heterocycles. The maximum atomic E-state index is 15.3. The zero-order valence-corrected chi connectivity index (χ0v) is 34.2. The van der Waals surface area contributed by atoms with Gasteiger partial charge in [0.05, 0.1) is 55.4 Å². The molecule has 3 aliphatic heterocycles. The predicted molar refractivity (Wildman–Crippen MR) is 226 cm³/mol. The van der Waals surface area contributed by atoms with Crippen LogP contribution in [0.15, 0.2) is 109 Å². The highest BCUT2D eigenvalue weighted by Gasteiger charge is 2.66. The molecule has 300 valence electrons. The Morgan fingerprint density at radius 1 is 0.966 bits per heavy atom. The topological polar surface area (TPSA) is 153 Å². The Bertz CT molecular complexity index is 2630. The molecular formula is C45H44N6O7Si. The van der Waals surface area contributed by atoms with Crippen molar-refractivity contribution in [1.82, 2.24) is 15.0 Å². The summed E-state index contributed by atoms with van der Waals surface area (Å²) in [6.45, 7) is 7.25. The van der Waals surface area contributed by atoms with E-state index in [1.165, 1.54) is 17.3 Å². The van der Waals surface area contributed by atoms with Gasteiger partial charge in [0.25, 0.3) is 17.5 Å². The van der Waals surface area contributed by atoms with Crippen LogP contribution in [0.1, 0.15) is 40.5 Å². The molecule has 6 aromatic rings. The predicted octanol–water partition coefficient (Wildman–Crippen LogP) is 7.03. The van der Waals surface area contributed by atoms with Crippen molar-refractivity contribution in [3.05, 3.63) is 142 Å². The van der Waals surface area contributed by atoms with Crippen LogP contribution in [0.5, 0.6) is 5.75 Å². The van der Waals surface area contributed by atoms with Gasteiger partial charge in [0.2, 0.25) is 0 Å². The van der Waals surface area contributed by atoms with Crippen LogP contribution in [0.4, 0.5) is 22.7 Å². The first-order valence-corrected chi connectivity index (χ1v) is 22.9. The quantitative estimate of drug-likeness (QED) is 0.0781. The summed E-state index contributed by atoms with van der Waals surface area (Å²) in [4.78, 5) is 44.3. The van der Waals surface area contributed by atoms with Crippen LogP contribution < -0.4 is 19.7 Å². The Labute approximate surface area is 341 Å². The smallest absolute Gasteiger partial charge is 0.269 e. The summed E-state index contributed by atoms with van der Waals surface area (Å²) in [7, 11) is -0.855. The lowest BCUT2D eigenvalue weighted by Crippen LogP contribution is -2.51. The van der Waals surface area contributed by atoms with Crippen LogP contribution in [0.2, 0.25) is 18.6 Å². The van der Waals surface area contributed by atoms with Gasteiger partial charge in [0, 0.05) is 60.5 Å². The van der Waals surface area contributed by atoms with Crippen molar-refractivity contribution in [2.24, 2.45) is 5.92 Å². The van der Waals surface area contributed by atoms with Crippen LogP contribution in [-0.2, 0) is 34.6 Å². The lowest BCUT2D eigenvalue weighted by Gasteiger charge is -2.37. The van der Waals surface area contributed by atoms with Gasteiger partial charge in [0.1, 0.15) is 5.75 Å². The summed E-state index contributed by atoms with van der Waals surface area (Å²) in [6, 6.07) is 32.0. The molecule has 0 aliphatic carbocycles. The van der Waals surface area contributed by atoms with E-state index >= 15 is 4.79 Å². The molecule has 1 fully saturated rings. The minimum absolute atomic E-state index is 0.0355. The molecule has 0 saturated carbocycles. The SMILES string of the molecule is COc1ccc([Si](C)(C)[C@H]2[C@H](CCn3cc(CCO)nn3)O[C@@]3(C(=O)N(Cc4ccc(N5C(=O)c6cccc7cccc5c67)cc4)c4ccc([N+](=O)[O-])cc43)[C@@H]2C)cc1. The van der Waals surface area contributed by atoms with Crippen molar-refractivity contribution in [1.29, 1.82) is 0 Å². The fourth-order valence-corrected chi connectivity index (χ4v) is 13.9. The normalized spacial score (nSPS) is 20.9. The van der Waals surface area contributed by atoms with Crippen LogP contribution in [0.25, 0.3) is 10.8 Å². The van der Waals surface area contributed by atoms with Crippen molar-refractivity contribution in [3.8, 4) is 5.75 Å². The van der Waals surface area contributed by atoms with E-state index in [-0.39, 0.29) is 42.1 Å². The molecule has 3 aliphatic rings. The highest BCUT2D eigenvalue weighted by Crippen LogP contribution is 2.60. The van der Waals surface area contributed by atoms with Crippen molar-refractivity contribution in [2.75, 3.05) is 23.5 Å². The molecule has 1 N–H and O–H groups in total. The van der Waals surface area contributed by atoms with Crippen LogP contribution in [-0.4, -0.2) is 64.7 Å². The Kier molecular flexibility index (Phi) is 9.45. The second kappa shape index (κ2) is 14.6. The molecule has 9 rings (SSSR count). The number of carbonyl (C=O) groups is 2. The average Bonchev–Trinajstić information content (AvgIpc) is 3.96.